The summed E-state index contributed by atoms with van der Waals surface area (Å²) in [7, 11) is 1.23. The van der Waals surface area contributed by atoms with Gasteiger partial charge < -0.3 is 14.2 Å². The first-order valence-electron chi connectivity index (χ1n) is 6.38. The molecular formula is C15H17FO5. The van der Waals surface area contributed by atoms with Gasteiger partial charge in [0.25, 0.3) is 0 Å². The first kappa shape index (κ1) is 16.7. The molecule has 1 rings (SSSR count). The maximum Gasteiger partial charge on any atom is 0.337 e. The fourth-order valence-corrected chi connectivity index (χ4v) is 1.48. The number of halogens is 1. The molecule has 0 aliphatic rings. The Bertz CT molecular complexity index is 513. The minimum Gasteiger partial charge on any atom is -0.491 e. The molecule has 0 aromatic heterocycles. The van der Waals surface area contributed by atoms with Crippen LogP contribution in [0, 0.1) is 5.82 Å². The number of benzene rings is 1. The number of hydrogen-bond acceptors (Lipinski definition) is 5. The maximum atomic E-state index is 13.7. The number of methoxy groups -OCH3 is 1. The van der Waals surface area contributed by atoms with Crippen molar-refractivity contribution in [3.05, 3.63) is 42.2 Å². The largest absolute Gasteiger partial charge is 0.491 e. The summed E-state index contributed by atoms with van der Waals surface area (Å²) in [6.07, 6.45) is 2.29. The molecule has 0 radical (unpaired) electrons. The van der Waals surface area contributed by atoms with E-state index in [1.165, 1.54) is 19.2 Å². The molecule has 0 heterocycles. The first-order valence-corrected chi connectivity index (χ1v) is 6.38. The van der Waals surface area contributed by atoms with Crippen molar-refractivity contribution in [2.75, 3.05) is 20.3 Å². The molecule has 114 valence electrons. The molecule has 0 saturated carbocycles. The van der Waals surface area contributed by atoms with E-state index >= 15 is 0 Å². The van der Waals surface area contributed by atoms with Gasteiger partial charge in [0.05, 0.1) is 25.9 Å². The maximum absolute atomic E-state index is 13.7. The molecule has 1 aromatic rings. The topological polar surface area (TPSA) is 61.8 Å². The summed E-state index contributed by atoms with van der Waals surface area (Å²) in [5, 5.41) is 0. The van der Waals surface area contributed by atoms with Gasteiger partial charge in [0, 0.05) is 6.08 Å². The van der Waals surface area contributed by atoms with Gasteiger partial charge in [-0.1, -0.05) is 6.58 Å². The molecule has 0 saturated heterocycles. The molecular weight excluding hydrogens is 279 g/mol. The minimum absolute atomic E-state index is 0.0609. The number of hydrogen-bond donors (Lipinski definition) is 0. The molecule has 5 nitrogen and oxygen atoms in total. The van der Waals surface area contributed by atoms with E-state index in [1.54, 1.807) is 0 Å². The van der Waals surface area contributed by atoms with Gasteiger partial charge in [0.15, 0.2) is 11.6 Å². The molecule has 0 atom stereocenters. The second-order valence-electron chi connectivity index (χ2n) is 4.06. The number of esters is 2. The second kappa shape index (κ2) is 8.73. The Labute approximate surface area is 122 Å². The molecule has 0 N–H and O–H groups in total. The molecule has 0 aliphatic heterocycles. The van der Waals surface area contributed by atoms with Crippen LogP contribution >= 0.6 is 0 Å². The van der Waals surface area contributed by atoms with Crippen molar-refractivity contribution in [3.63, 3.8) is 0 Å². The van der Waals surface area contributed by atoms with E-state index in [0.29, 0.717) is 12.8 Å². The SMILES string of the molecule is C=CC(=O)OCCCCOc1ccc(C(=O)OC)cc1F. The van der Waals surface area contributed by atoms with Crippen LogP contribution in [0.2, 0.25) is 0 Å². The number of carbonyl (C=O) groups is 2. The molecule has 0 unspecified atom stereocenters. The van der Waals surface area contributed by atoms with Gasteiger partial charge in [-0.15, -0.1) is 0 Å². The average molecular weight is 296 g/mol. The zero-order valence-electron chi connectivity index (χ0n) is 11.8. The number of ether oxygens (including phenoxy) is 3. The summed E-state index contributed by atoms with van der Waals surface area (Å²) in [4.78, 5) is 22.0. The van der Waals surface area contributed by atoms with E-state index < -0.39 is 17.8 Å². The van der Waals surface area contributed by atoms with Gasteiger partial charge in [0.2, 0.25) is 0 Å². The van der Waals surface area contributed by atoms with Crippen molar-refractivity contribution in [2.24, 2.45) is 0 Å². The van der Waals surface area contributed by atoms with Crippen molar-refractivity contribution >= 4 is 11.9 Å². The summed E-state index contributed by atoms with van der Waals surface area (Å²) < 4.78 is 28.2. The van der Waals surface area contributed by atoms with E-state index in [9.17, 15) is 14.0 Å². The second-order valence-corrected chi connectivity index (χ2v) is 4.06. The molecule has 0 amide bonds. The molecule has 1 aromatic carbocycles. The lowest BCUT2D eigenvalue weighted by Crippen LogP contribution is -2.06. The van der Waals surface area contributed by atoms with E-state index in [1.807, 2.05) is 0 Å². The molecule has 0 fully saturated rings. The number of rotatable bonds is 8. The fourth-order valence-electron chi connectivity index (χ4n) is 1.48. The van der Waals surface area contributed by atoms with Crippen LogP contribution < -0.4 is 4.74 Å². The van der Waals surface area contributed by atoms with Gasteiger partial charge >= 0.3 is 11.9 Å². The molecule has 6 heteroatoms. The predicted molar refractivity (Wildman–Crippen MR) is 73.6 cm³/mol. The smallest absolute Gasteiger partial charge is 0.337 e. The van der Waals surface area contributed by atoms with Gasteiger partial charge in [-0.2, -0.15) is 0 Å². The normalized spacial score (nSPS) is 9.81. The highest BCUT2D eigenvalue weighted by Crippen LogP contribution is 2.19. The fraction of sp³-hybridized carbons (Fsp3) is 0.333. The molecule has 0 aliphatic carbocycles. The monoisotopic (exact) mass is 296 g/mol. The lowest BCUT2D eigenvalue weighted by molar-refractivity contribution is -0.137. The highest BCUT2D eigenvalue weighted by Gasteiger charge is 2.10. The summed E-state index contributed by atoms with van der Waals surface area (Å²) in [5.74, 6) is -1.65. The average Bonchev–Trinajstić information content (AvgIpc) is 2.50. The van der Waals surface area contributed by atoms with Crippen molar-refractivity contribution in [1.82, 2.24) is 0 Å². The molecule has 0 spiro atoms. The first-order chi connectivity index (χ1) is 10.1. The van der Waals surface area contributed by atoms with E-state index in [4.69, 9.17) is 9.47 Å². The summed E-state index contributed by atoms with van der Waals surface area (Å²) >= 11 is 0. The third kappa shape index (κ3) is 5.64. The Morgan fingerprint density at radius 2 is 2.00 bits per heavy atom. The number of carbonyl (C=O) groups excluding carboxylic acids is 2. The van der Waals surface area contributed by atoms with Crippen LogP contribution in [-0.2, 0) is 14.3 Å². The van der Waals surface area contributed by atoms with Gasteiger partial charge in [-0.25, -0.2) is 14.0 Å². The summed E-state index contributed by atoms with van der Waals surface area (Å²) in [6.45, 7) is 3.82. The van der Waals surface area contributed by atoms with E-state index in [-0.39, 0.29) is 24.5 Å². The van der Waals surface area contributed by atoms with Crippen LogP contribution in [0.5, 0.6) is 5.75 Å². The van der Waals surface area contributed by atoms with Crippen LogP contribution in [0.15, 0.2) is 30.9 Å². The Balaban J connectivity index is 2.34. The predicted octanol–water partition coefficient (Wildman–Crippen LogP) is 2.50. The molecule has 21 heavy (non-hydrogen) atoms. The van der Waals surface area contributed by atoms with Crippen molar-refractivity contribution in [3.8, 4) is 5.75 Å². The minimum atomic E-state index is -0.629. The highest BCUT2D eigenvalue weighted by molar-refractivity contribution is 5.89. The summed E-state index contributed by atoms with van der Waals surface area (Å²) in [5.41, 5.74) is 0.124. The van der Waals surface area contributed by atoms with Crippen LogP contribution in [0.25, 0.3) is 0 Å². The van der Waals surface area contributed by atoms with Gasteiger partial charge in [0.1, 0.15) is 0 Å². The lowest BCUT2D eigenvalue weighted by atomic mass is 10.2. The van der Waals surface area contributed by atoms with Crippen molar-refractivity contribution in [2.45, 2.75) is 12.8 Å². The van der Waals surface area contributed by atoms with Crippen LogP contribution in [0.1, 0.15) is 23.2 Å². The van der Waals surface area contributed by atoms with Crippen LogP contribution in [-0.4, -0.2) is 32.3 Å². The number of unbranched alkanes of at least 4 members (excludes halogenated alkanes) is 1. The van der Waals surface area contributed by atoms with E-state index in [2.05, 4.69) is 11.3 Å². The summed E-state index contributed by atoms with van der Waals surface area (Å²) in [6, 6.07) is 3.86. The van der Waals surface area contributed by atoms with Crippen LogP contribution in [0.3, 0.4) is 0 Å². The quantitative estimate of drug-likeness (QED) is 0.419. The lowest BCUT2D eigenvalue weighted by Gasteiger charge is -2.08. The van der Waals surface area contributed by atoms with Crippen molar-refractivity contribution in [1.29, 1.82) is 0 Å². The van der Waals surface area contributed by atoms with Gasteiger partial charge in [-0.3, -0.25) is 0 Å². The zero-order valence-corrected chi connectivity index (χ0v) is 11.8. The van der Waals surface area contributed by atoms with Crippen molar-refractivity contribution < 1.29 is 28.2 Å². The van der Waals surface area contributed by atoms with Gasteiger partial charge in [-0.05, 0) is 31.0 Å². The molecule has 0 bridgehead atoms. The standard InChI is InChI=1S/C15H17FO5/c1-3-14(17)21-9-5-4-8-20-13-7-6-11(10-12(13)16)15(18)19-2/h3,6-7,10H,1,4-5,8-9H2,2H3. The Morgan fingerprint density at radius 3 is 2.62 bits per heavy atom. The Hall–Kier alpha value is -2.37. The highest BCUT2D eigenvalue weighted by atomic mass is 19.1. The Kier molecular flexibility index (Phi) is 6.94. The third-order valence-corrected chi connectivity index (χ3v) is 2.56. The Morgan fingerprint density at radius 1 is 1.29 bits per heavy atom. The van der Waals surface area contributed by atoms with Crippen LogP contribution in [0.4, 0.5) is 4.39 Å². The third-order valence-electron chi connectivity index (χ3n) is 2.56. The van der Waals surface area contributed by atoms with E-state index in [0.717, 1.165) is 12.1 Å². The zero-order chi connectivity index (χ0) is 15.7.